The van der Waals surface area contributed by atoms with Gasteiger partial charge in [-0.2, -0.15) is 4.31 Å². The standard InChI is InChI=1S/C11H16N2O4S/c1-3-13(8-4-5-8)18(16,17)9-6-10(11(14)15)12(2)7-9/h6-8H,3-5H2,1-2H3,(H,14,15). The molecule has 1 saturated carbocycles. The summed E-state index contributed by atoms with van der Waals surface area (Å²) in [5.41, 5.74) is -0.0274. The lowest BCUT2D eigenvalue weighted by Gasteiger charge is -2.18. The van der Waals surface area contributed by atoms with E-state index in [1.165, 1.54) is 28.2 Å². The summed E-state index contributed by atoms with van der Waals surface area (Å²) in [5, 5.41) is 8.93. The van der Waals surface area contributed by atoms with Crippen LogP contribution in [0.25, 0.3) is 0 Å². The molecular weight excluding hydrogens is 256 g/mol. The molecule has 0 aliphatic heterocycles. The highest BCUT2D eigenvalue weighted by atomic mass is 32.2. The number of sulfonamides is 1. The van der Waals surface area contributed by atoms with Gasteiger partial charge in [-0.15, -0.1) is 0 Å². The van der Waals surface area contributed by atoms with Crippen molar-refractivity contribution in [3.63, 3.8) is 0 Å². The zero-order valence-corrected chi connectivity index (χ0v) is 11.1. The van der Waals surface area contributed by atoms with Gasteiger partial charge in [0.15, 0.2) is 0 Å². The molecule has 1 aromatic heterocycles. The Kier molecular flexibility index (Phi) is 3.20. The lowest BCUT2D eigenvalue weighted by atomic mass is 10.4. The first-order valence-electron chi connectivity index (χ1n) is 5.79. The van der Waals surface area contributed by atoms with Crippen LogP contribution in [0.5, 0.6) is 0 Å². The van der Waals surface area contributed by atoms with Crippen molar-refractivity contribution >= 4 is 16.0 Å². The Bertz CT molecular complexity index is 572. The Morgan fingerprint density at radius 2 is 2.17 bits per heavy atom. The Balaban J connectivity index is 2.40. The average Bonchev–Trinajstić information content (AvgIpc) is 3.00. The Morgan fingerprint density at radius 3 is 2.56 bits per heavy atom. The van der Waals surface area contributed by atoms with Gasteiger partial charge in [-0.25, -0.2) is 13.2 Å². The number of carboxylic acid groups (broad SMARTS) is 1. The van der Waals surface area contributed by atoms with Crippen LogP contribution in [0.2, 0.25) is 0 Å². The number of carboxylic acids is 1. The summed E-state index contributed by atoms with van der Waals surface area (Å²) in [4.78, 5) is 11.0. The number of carbonyl (C=O) groups is 1. The summed E-state index contributed by atoms with van der Waals surface area (Å²) in [6, 6.07) is 1.29. The molecular formula is C11H16N2O4S. The van der Waals surface area contributed by atoms with Crippen molar-refractivity contribution in [2.45, 2.75) is 30.7 Å². The maximum atomic E-state index is 12.4. The molecule has 1 aliphatic carbocycles. The maximum absolute atomic E-state index is 12.4. The molecule has 2 rings (SSSR count). The van der Waals surface area contributed by atoms with Gasteiger partial charge in [0.25, 0.3) is 0 Å². The van der Waals surface area contributed by atoms with Crippen LogP contribution in [0.3, 0.4) is 0 Å². The molecule has 0 radical (unpaired) electrons. The van der Waals surface area contributed by atoms with Crippen LogP contribution >= 0.6 is 0 Å². The molecule has 0 amide bonds. The zero-order valence-electron chi connectivity index (χ0n) is 10.3. The first-order valence-corrected chi connectivity index (χ1v) is 7.23. The highest BCUT2D eigenvalue weighted by molar-refractivity contribution is 7.89. The molecule has 100 valence electrons. The van der Waals surface area contributed by atoms with Crippen LogP contribution in [0.4, 0.5) is 0 Å². The summed E-state index contributed by atoms with van der Waals surface area (Å²) in [7, 11) is -2.05. The molecule has 1 aromatic rings. The number of hydrogen-bond donors (Lipinski definition) is 1. The van der Waals surface area contributed by atoms with Crippen LogP contribution in [-0.4, -0.2) is 41.0 Å². The predicted octanol–water partition coefficient (Wildman–Crippen LogP) is 0.896. The minimum absolute atomic E-state index is 0.0274. The van der Waals surface area contributed by atoms with E-state index in [4.69, 9.17) is 5.11 Å². The SMILES string of the molecule is CCN(C1CC1)S(=O)(=O)c1cc(C(=O)O)n(C)c1. The molecule has 1 heterocycles. The summed E-state index contributed by atoms with van der Waals surface area (Å²) >= 11 is 0. The second-order valence-electron chi connectivity index (χ2n) is 4.42. The van der Waals surface area contributed by atoms with E-state index in [0.29, 0.717) is 6.54 Å². The minimum atomic E-state index is -3.57. The lowest BCUT2D eigenvalue weighted by Crippen LogP contribution is -2.32. The molecule has 0 unspecified atom stereocenters. The number of aromatic carboxylic acids is 1. The van der Waals surface area contributed by atoms with Gasteiger partial charge in [0.05, 0.1) is 0 Å². The second kappa shape index (κ2) is 4.40. The fraction of sp³-hybridized carbons (Fsp3) is 0.545. The second-order valence-corrected chi connectivity index (χ2v) is 6.31. The molecule has 18 heavy (non-hydrogen) atoms. The lowest BCUT2D eigenvalue weighted by molar-refractivity contribution is 0.0686. The Hall–Kier alpha value is -1.34. The first-order chi connectivity index (χ1) is 8.37. The Labute approximate surface area is 106 Å². The summed E-state index contributed by atoms with van der Waals surface area (Å²) in [6.07, 6.45) is 3.11. The fourth-order valence-electron chi connectivity index (χ4n) is 2.01. The monoisotopic (exact) mass is 272 g/mol. The molecule has 6 nitrogen and oxygen atoms in total. The normalized spacial score (nSPS) is 16.2. The molecule has 0 saturated heterocycles. The van der Waals surface area contributed by atoms with Gasteiger partial charge in [-0.05, 0) is 18.9 Å². The van der Waals surface area contributed by atoms with Gasteiger partial charge in [0, 0.05) is 25.8 Å². The highest BCUT2D eigenvalue weighted by Crippen LogP contribution is 2.32. The molecule has 0 aromatic carbocycles. The van der Waals surface area contributed by atoms with E-state index in [0.717, 1.165) is 12.8 Å². The third-order valence-electron chi connectivity index (χ3n) is 3.07. The number of hydrogen-bond acceptors (Lipinski definition) is 3. The van der Waals surface area contributed by atoms with Crippen molar-refractivity contribution in [3.8, 4) is 0 Å². The first kappa shape index (κ1) is 13.1. The van der Waals surface area contributed by atoms with E-state index in [2.05, 4.69) is 0 Å². The number of aromatic nitrogens is 1. The largest absolute Gasteiger partial charge is 0.477 e. The van der Waals surface area contributed by atoms with Crippen LogP contribution in [0.1, 0.15) is 30.3 Å². The fourth-order valence-corrected chi connectivity index (χ4v) is 3.78. The van der Waals surface area contributed by atoms with Crippen LogP contribution in [0, 0.1) is 0 Å². The molecule has 1 fully saturated rings. The van der Waals surface area contributed by atoms with E-state index in [-0.39, 0.29) is 16.6 Å². The maximum Gasteiger partial charge on any atom is 0.352 e. The summed E-state index contributed by atoms with van der Waals surface area (Å²) in [6.45, 7) is 2.20. The molecule has 0 atom stereocenters. The van der Waals surface area contributed by atoms with E-state index >= 15 is 0 Å². The van der Waals surface area contributed by atoms with Gasteiger partial charge < -0.3 is 9.67 Å². The molecule has 0 bridgehead atoms. The van der Waals surface area contributed by atoms with Gasteiger partial charge >= 0.3 is 5.97 Å². The van der Waals surface area contributed by atoms with Crippen LogP contribution in [-0.2, 0) is 17.1 Å². The van der Waals surface area contributed by atoms with Crippen molar-refractivity contribution in [2.24, 2.45) is 7.05 Å². The van der Waals surface area contributed by atoms with E-state index in [1.807, 2.05) is 0 Å². The Morgan fingerprint density at radius 1 is 1.56 bits per heavy atom. The van der Waals surface area contributed by atoms with Gasteiger partial charge in [0.2, 0.25) is 10.0 Å². The summed E-state index contributed by atoms with van der Waals surface area (Å²) in [5.74, 6) is -1.13. The van der Waals surface area contributed by atoms with E-state index in [9.17, 15) is 13.2 Å². The van der Waals surface area contributed by atoms with Crippen molar-refractivity contribution in [1.82, 2.24) is 8.87 Å². The van der Waals surface area contributed by atoms with Crippen molar-refractivity contribution in [3.05, 3.63) is 18.0 Å². The summed E-state index contributed by atoms with van der Waals surface area (Å²) < 4.78 is 27.5. The van der Waals surface area contributed by atoms with E-state index in [1.54, 1.807) is 6.92 Å². The van der Waals surface area contributed by atoms with Gasteiger partial charge in [-0.3, -0.25) is 0 Å². The third kappa shape index (κ3) is 2.15. The van der Waals surface area contributed by atoms with Gasteiger partial charge in [-0.1, -0.05) is 6.92 Å². The minimum Gasteiger partial charge on any atom is -0.477 e. The number of rotatable bonds is 5. The van der Waals surface area contributed by atoms with Crippen LogP contribution in [0.15, 0.2) is 17.2 Å². The molecule has 1 aliphatic rings. The highest BCUT2D eigenvalue weighted by Gasteiger charge is 2.37. The van der Waals surface area contributed by atoms with Crippen molar-refractivity contribution in [2.75, 3.05) is 6.54 Å². The molecule has 0 spiro atoms. The topological polar surface area (TPSA) is 79.6 Å². The quantitative estimate of drug-likeness (QED) is 0.863. The van der Waals surface area contributed by atoms with Gasteiger partial charge in [0.1, 0.15) is 10.6 Å². The van der Waals surface area contributed by atoms with E-state index < -0.39 is 16.0 Å². The van der Waals surface area contributed by atoms with Crippen LogP contribution < -0.4 is 0 Å². The molecule has 7 heteroatoms. The van der Waals surface area contributed by atoms with Crippen molar-refractivity contribution < 1.29 is 18.3 Å². The predicted molar refractivity (Wildman–Crippen MR) is 65.0 cm³/mol. The number of nitrogens with zero attached hydrogens (tertiary/aromatic N) is 2. The van der Waals surface area contributed by atoms with Crippen molar-refractivity contribution in [1.29, 1.82) is 0 Å². The smallest absolute Gasteiger partial charge is 0.352 e. The average molecular weight is 272 g/mol. The third-order valence-corrected chi connectivity index (χ3v) is 5.06. The number of aryl methyl sites for hydroxylation is 1. The molecule has 1 N–H and O–H groups in total. The zero-order chi connectivity index (χ0) is 13.5.